The van der Waals surface area contributed by atoms with Gasteiger partial charge in [-0.05, 0) is 55.6 Å². The summed E-state index contributed by atoms with van der Waals surface area (Å²) in [5.41, 5.74) is 1.23. The van der Waals surface area contributed by atoms with Gasteiger partial charge >= 0.3 is 0 Å². The monoisotopic (exact) mass is 457 g/mol. The van der Waals surface area contributed by atoms with E-state index in [0.29, 0.717) is 6.04 Å². The zero-order chi connectivity index (χ0) is 22.3. The largest absolute Gasteiger partial charge is 0.453 e. The predicted molar refractivity (Wildman–Crippen MR) is 141 cm³/mol. The number of benzene rings is 4. The van der Waals surface area contributed by atoms with E-state index < -0.39 is 16.4 Å². The molecule has 0 bridgehead atoms. The van der Waals surface area contributed by atoms with Crippen LogP contribution in [0.25, 0.3) is 0 Å². The first kappa shape index (κ1) is 22.7. The predicted octanol–water partition coefficient (Wildman–Crippen LogP) is 6.77. The molecule has 162 valence electrons. The van der Waals surface area contributed by atoms with Gasteiger partial charge in [0.25, 0.3) is 0 Å². The third kappa shape index (κ3) is 5.45. The van der Waals surface area contributed by atoms with Gasteiger partial charge in [-0.1, -0.05) is 96.6 Å². The van der Waals surface area contributed by atoms with Gasteiger partial charge in [0.05, 0.1) is 0 Å². The summed E-state index contributed by atoms with van der Waals surface area (Å²) in [5, 5.41) is 3.88. The zero-order valence-corrected chi connectivity index (χ0v) is 20.6. The van der Waals surface area contributed by atoms with Gasteiger partial charge < -0.3 is 4.52 Å². The van der Waals surface area contributed by atoms with Crippen molar-refractivity contribution < 1.29 is 4.52 Å². The molecule has 0 saturated heterocycles. The van der Waals surface area contributed by atoms with Crippen molar-refractivity contribution in [3.63, 3.8) is 0 Å². The van der Waals surface area contributed by atoms with Crippen LogP contribution in [0.1, 0.15) is 19.4 Å². The summed E-state index contributed by atoms with van der Waals surface area (Å²) < 4.78 is 9.41. The van der Waals surface area contributed by atoms with Crippen LogP contribution in [-0.2, 0) is 0 Å². The highest BCUT2D eigenvalue weighted by molar-refractivity contribution is 7.80. The summed E-state index contributed by atoms with van der Waals surface area (Å²) >= 11 is 0. The van der Waals surface area contributed by atoms with Gasteiger partial charge in [0.1, 0.15) is 5.75 Å². The zero-order valence-electron chi connectivity index (χ0n) is 18.8. The summed E-state index contributed by atoms with van der Waals surface area (Å²) in [5.74, 6) is 0.910. The molecule has 32 heavy (non-hydrogen) atoms. The average Bonchev–Trinajstić information content (AvgIpc) is 2.84. The van der Waals surface area contributed by atoms with Gasteiger partial charge in [-0.3, -0.25) is 0 Å². The molecule has 0 N–H and O–H groups in total. The van der Waals surface area contributed by atoms with Crippen LogP contribution in [0.3, 0.4) is 0 Å². The standard InChI is InChI=1S/C28H29NOP2/c1-23(2)29(31(26-13-7-4-8-14-26)27-15-9-5-10-16-27)32(28-17-11-6-12-18-28)30-25-21-19-24(3)20-22-25/h4-23H,1-3H3. The molecule has 4 rings (SSSR count). The Morgan fingerprint density at radius 1 is 0.594 bits per heavy atom. The summed E-state index contributed by atoms with van der Waals surface area (Å²) in [4.78, 5) is 0. The fraction of sp³-hybridized carbons (Fsp3) is 0.143. The topological polar surface area (TPSA) is 12.5 Å². The van der Waals surface area contributed by atoms with Crippen molar-refractivity contribution in [2.24, 2.45) is 0 Å². The lowest BCUT2D eigenvalue weighted by Crippen LogP contribution is -2.34. The van der Waals surface area contributed by atoms with E-state index in [4.69, 9.17) is 4.52 Å². The Labute approximate surface area is 194 Å². The maximum atomic E-state index is 6.81. The van der Waals surface area contributed by atoms with Crippen LogP contribution in [0.15, 0.2) is 115 Å². The molecule has 4 aromatic rings. The average molecular weight is 457 g/mol. The number of hydrogen-bond donors (Lipinski definition) is 0. The second-order valence-electron chi connectivity index (χ2n) is 7.91. The third-order valence-corrected chi connectivity index (χ3v) is 10.5. The first-order chi connectivity index (χ1) is 15.6. The van der Waals surface area contributed by atoms with E-state index >= 15 is 0 Å². The highest BCUT2D eigenvalue weighted by Gasteiger charge is 2.34. The quantitative estimate of drug-likeness (QED) is 0.271. The molecule has 4 heteroatoms. The molecule has 0 saturated carbocycles. The molecule has 0 spiro atoms. The molecule has 0 fully saturated rings. The van der Waals surface area contributed by atoms with E-state index in [1.807, 2.05) is 0 Å². The second kappa shape index (κ2) is 10.9. The van der Waals surface area contributed by atoms with Crippen molar-refractivity contribution in [1.82, 2.24) is 4.44 Å². The summed E-state index contributed by atoms with van der Waals surface area (Å²) in [6.45, 7) is 6.66. The Morgan fingerprint density at radius 2 is 1.03 bits per heavy atom. The summed E-state index contributed by atoms with van der Waals surface area (Å²) in [6, 6.07) is 41.1. The van der Waals surface area contributed by atoms with Gasteiger partial charge in [0, 0.05) is 19.4 Å². The Balaban J connectivity index is 1.84. The van der Waals surface area contributed by atoms with Gasteiger partial charge in [-0.25, -0.2) is 4.44 Å². The van der Waals surface area contributed by atoms with Gasteiger partial charge in [-0.15, -0.1) is 0 Å². The molecule has 0 heterocycles. The number of rotatable bonds is 8. The van der Waals surface area contributed by atoms with E-state index in [1.165, 1.54) is 21.5 Å². The van der Waals surface area contributed by atoms with E-state index in [-0.39, 0.29) is 0 Å². The molecule has 1 unspecified atom stereocenters. The molecule has 0 aliphatic rings. The highest BCUT2D eigenvalue weighted by atomic mass is 31.2. The van der Waals surface area contributed by atoms with Gasteiger partial charge in [-0.2, -0.15) is 0 Å². The molecule has 0 aliphatic heterocycles. The Kier molecular flexibility index (Phi) is 7.72. The van der Waals surface area contributed by atoms with Crippen molar-refractivity contribution in [3.05, 3.63) is 121 Å². The SMILES string of the molecule is Cc1ccc(OP(c2ccccc2)N(C(C)C)P(c2ccccc2)c2ccccc2)cc1. The Morgan fingerprint density at radius 3 is 1.47 bits per heavy atom. The number of hydrogen-bond acceptors (Lipinski definition) is 2. The van der Waals surface area contributed by atoms with Crippen LogP contribution in [0.4, 0.5) is 0 Å². The van der Waals surface area contributed by atoms with Crippen LogP contribution >= 0.6 is 16.4 Å². The maximum absolute atomic E-state index is 6.81. The lowest BCUT2D eigenvalue weighted by Gasteiger charge is -2.40. The van der Waals surface area contributed by atoms with Crippen molar-refractivity contribution in [1.29, 1.82) is 0 Å². The van der Waals surface area contributed by atoms with Crippen molar-refractivity contribution >= 4 is 32.3 Å². The maximum Gasteiger partial charge on any atom is 0.201 e. The number of nitrogens with zero attached hydrogens (tertiary/aromatic N) is 1. The minimum atomic E-state index is -1.07. The van der Waals surface area contributed by atoms with Gasteiger partial charge in [0.15, 0.2) is 0 Å². The van der Waals surface area contributed by atoms with Crippen LogP contribution in [0.5, 0.6) is 5.75 Å². The van der Waals surface area contributed by atoms with E-state index in [9.17, 15) is 0 Å². The highest BCUT2D eigenvalue weighted by Crippen LogP contribution is 2.56. The Hall–Kier alpha value is -2.50. The lowest BCUT2D eigenvalue weighted by molar-refractivity contribution is 0.509. The van der Waals surface area contributed by atoms with E-state index in [0.717, 1.165) is 5.75 Å². The van der Waals surface area contributed by atoms with Crippen molar-refractivity contribution in [3.8, 4) is 5.75 Å². The van der Waals surface area contributed by atoms with Crippen LogP contribution in [0, 0.1) is 6.92 Å². The van der Waals surface area contributed by atoms with Crippen LogP contribution < -0.4 is 20.4 Å². The molecule has 0 amide bonds. The summed E-state index contributed by atoms with van der Waals surface area (Å²) in [6.07, 6.45) is 0. The molecule has 2 nitrogen and oxygen atoms in total. The normalized spacial score (nSPS) is 12.3. The molecule has 0 radical (unpaired) electrons. The van der Waals surface area contributed by atoms with E-state index in [1.54, 1.807) is 0 Å². The fourth-order valence-electron chi connectivity index (χ4n) is 3.51. The lowest BCUT2D eigenvalue weighted by atomic mass is 10.2. The molecule has 4 aromatic carbocycles. The molecule has 0 aromatic heterocycles. The minimum Gasteiger partial charge on any atom is -0.453 e. The number of aryl methyl sites for hydroxylation is 1. The molecular weight excluding hydrogens is 428 g/mol. The van der Waals surface area contributed by atoms with Crippen LogP contribution in [-0.4, -0.2) is 10.5 Å². The van der Waals surface area contributed by atoms with Gasteiger partial charge in [0.2, 0.25) is 8.30 Å². The third-order valence-electron chi connectivity index (χ3n) is 5.04. The van der Waals surface area contributed by atoms with E-state index in [2.05, 4.69) is 140 Å². The smallest absolute Gasteiger partial charge is 0.201 e. The molecular formula is C28H29NOP2. The first-order valence-electron chi connectivity index (χ1n) is 10.9. The second-order valence-corrected chi connectivity index (χ2v) is 12.0. The molecule has 1 atom stereocenters. The Bertz CT molecular complexity index is 1050. The fourth-order valence-corrected chi connectivity index (χ4v) is 8.94. The van der Waals surface area contributed by atoms with Crippen molar-refractivity contribution in [2.75, 3.05) is 0 Å². The molecule has 0 aliphatic carbocycles. The van der Waals surface area contributed by atoms with Crippen LogP contribution in [0.2, 0.25) is 0 Å². The first-order valence-corrected chi connectivity index (χ1v) is 13.4. The minimum absolute atomic E-state index is 0.290. The summed E-state index contributed by atoms with van der Waals surface area (Å²) in [7, 11) is -1.85. The van der Waals surface area contributed by atoms with Crippen molar-refractivity contribution in [2.45, 2.75) is 26.8 Å².